The summed E-state index contributed by atoms with van der Waals surface area (Å²) in [6, 6.07) is 16.4. The first kappa shape index (κ1) is 11.7. The highest BCUT2D eigenvalue weighted by Gasteiger charge is 2.00. The first-order chi connectivity index (χ1) is 9.20. The minimum atomic E-state index is -0.242. The molecule has 1 heterocycles. The van der Waals surface area contributed by atoms with Crippen LogP contribution in [0.15, 0.2) is 54.6 Å². The van der Waals surface area contributed by atoms with Gasteiger partial charge in [0, 0.05) is 11.1 Å². The van der Waals surface area contributed by atoms with E-state index in [9.17, 15) is 4.39 Å². The number of rotatable bonds is 2. The molecule has 0 radical (unpaired) electrons. The van der Waals surface area contributed by atoms with Gasteiger partial charge in [0.05, 0.1) is 5.52 Å². The van der Waals surface area contributed by atoms with E-state index in [0.717, 1.165) is 22.4 Å². The van der Waals surface area contributed by atoms with Gasteiger partial charge in [-0.2, -0.15) is 0 Å². The molecule has 94 valence electrons. The normalized spacial score (nSPS) is 10.6. The van der Waals surface area contributed by atoms with E-state index in [-0.39, 0.29) is 5.82 Å². The van der Waals surface area contributed by atoms with E-state index >= 15 is 0 Å². The van der Waals surface area contributed by atoms with E-state index < -0.39 is 0 Å². The number of halogens is 1. The monoisotopic (exact) mass is 252 g/mol. The van der Waals surface area contributed by atoms with Crippen LogP contribution in [0.5, 0.6) is 0 Å². The second kappa shape index (κ2) is 4.69. The van der Waals surface area contributed by atoms with E-state index in [4.69, 9.17) is 0 Å². The third-order valence-electron chi connectivity index (χ3n) is 2.98. The Morgan fingerprint density at radius 3 is 2.53 bits per heavy atom. The summed E-state index contributed by atoms with van der Waals surface area (Å²) in [6.45, 7) is 2.05. The predicted octanol–water partition coefficient (Wildman–Crippen LogP) is 4.43. The van der Waals surface area contributed by atoms with Gasteiger partial charge >= 0.3 is 0 Å². The van der Waals surface area contributed by atoms with Crippen molar-refractivity contribution in [3.05, 3.63) is 66.0 Å². The van der Waals surface area contributed by atoms with Crippen molar-refractivity contribution in [1.29, 1.82) is 0 Å². The lowest BCUT2D eigenvalue weighted by atomic mass is 10.2. The van der Waals surface area contributed by atoms with Crippen LogP contribution in [0.1, 0.15) is 5.56 Å². The van der Waals surface area contributed by atoms with Crippen LogP contribution in [0.2, 0.25) is 0 Å². The summed E-state index contributed by atoms with van der Waals surface area (Å²) in [6.07, 6.45) is 0. The highest BCUT2D eigenvalue weighted by atomic mass is 19.1. The average molecular weight is 252 g/mol. The molecule has 19 heavy (non-hydrogen) atoms. The second-order valence-electron chi connectivity index (χ2n) is 4.52. The number of anilines is 2. The zero-order valence-electron chi connectivity index (χ0n) is 10.5. The molecule has 0 saturated carbocycles. The Kier molecular flexibility index (Phi) is 2.88. The molecule has 0 spiro atoms. The third kappa shape index (κ3) is 2.55. The van der Waals surface area contributed by atoms with Gasteiger partial charge in [0.25, 0.3) is 0 Å². The standard InChI is InChI=1S/C16H13FN2/c1-11-2-6-14(7-3-11)18-16-9-4-12-10-13(17)5-8-15(12)19-16/h2-10H,1H3,(H,18,19). The summed E-state index contributed by atoms with van der Waals surface area (Å²) in [7, 11) is 0. The molecule has 0 aliphatic heterocycles. The summed E-state index contributed by atoms with van der Waals surface area (Å²) < 4.78 is 13.1. The van der Waals surface area contributed by atoms with E-state index in [2.05, 4.69) is 10.3 Å². The van der Waals surface area contributed by atoms with Crippen LogP contribution >= 0.6 is 0 Å². The Labute approximate surface area is 110 Å². The van der Waals surface area contributed by atoms with Gasteiger partial charge in [-0.25, -0.2) is 9.37 Å². The molecule has 0 saturated heterocycles. The van der Waals surface area contributed by atoms with Crippen LogP contribution in [-0.4, -0.2) is 4.98 Å². The average Bonchev–Trinajstić information content (AvgIpc) is 2.42. The molecule has 0 amide bonds. The van der Waals surface area contributed by atoms with Crippen LogP contribution in [0.4, 0.5) is 15.9 Å². The van der Waals surface area contributed by atoms with Gasteiger partial charge in [-0.1, -0.05) is 17.7 Å². The lowest BCUT2D eigenvalue weighted by Gasteiger charge is -2.07. The van der Waals surface area contributed by atoms with Crippen LogP contribution < -0.4 is 5.32 Å². The first-order valence-electron chi connectivity index (χ1n) is 6.11. The van der Waals surface area contributed by atoms with Crippen LogP contribution in [0, 0.1) is 12.7 Å². The Morgan fingerprint density at radius 2 is 1.74 bits per heavy atom. The summed E-state index contributed by atoms with van der Waals surface area (Å²) in [5.41, 5.74) is 2.98. The molecule has 3 heteroatoms. The molecule has 0 aliphatic carbocycles. The number of aromatic nitrogens is 1. The fourth-order valence-corrected chi connectivity index (χ4v) is 1.95. The quantitative estimate of drug-likeness (QED) is 0.730. The van der Waals surface area contributed by atoms with Crippen LogP contribution in [0.25, 0.3) is 10.9 Å². The molecule has 0 unspecified atom stereocenters. The van der Waals surface area contributed by atoms with Gasteiger partial charge in [-0.05, 0) is 49.4 Å². The predicted molar refractivity (Wildman–Crippen MR) is 76.2 cm³/mol. The largest absolute Gasteiger partial charge is 0.340 e. The van der Waals surface area contributed by atoms with Crippen LogP contribution in [-0.2, 0) is 0 Å². The van der Waals surface area contributed by atoms with E-state index in [1.807, 2.05) is 43.3 Å². The number of hydrogen-bond acceptors (Lipinski definition) is 2. The molecule has 0 aliphatic rings. The molecule has 3 aromatic rings. The molecule has 1 N–H and O–H groups in total. The minimum absolute atomic E-state index is 0.242. The fraction of sp³-hybridized carbons (Fsp3) is 0.0625. The summed E-state index contributed by atoms with van der Waals surface area (Å²) >= 11 is 0. The molecule has 0 bridgehead atoms. The Morgan fingerprint density at radius 1 is 0.947 bits per heavy atom. The number of nitrogens with zero attached hydrogens (tertiary/aromatic N) is 1. The van der Waals surface area contributed by atoms with E-state index in [1.165, 1.54) is 17.7 Å². The minimum Gasteiger partial charge on any atom is -0.340 e. The molecule has 1 aromatic heterocycles. The zero-order chi connectivity index (χ0) is 13.2. The molecule has 0 fully saturated rings. The molecule has 0 atom stereocenters. The second-order valence-corrected chi connectivity index (χ2v) is 4.52. The van der Waals surface area contributed by atoms with Crippen molar-refractivity contribution < 1.29 is 4.39 Å². The Balaban J connectivity index is 1.93. The summed E-state index contributed by atoms with van der Waals surface area (Å²) in [4.78, 5) is 4.46. The highest BCUT2D eigenvalue weighted by molar-refractivity contribution is 5.80. The SMILES string of the molecule is Cc1ccc(Nc2ccc3cc(F)ccc3n2)cc1. The number of hydrogen-bond donors (Lipinski definition) is 1. The molecule has 2 aromatic carbocycles. The van der Waals surface area contributed by atoms with Gasteiger partial charge in [-0.3, -0.25) is 0 Å². The van der Waals surface area contributed by atoms with Gasteiger partial charge < -0.3 is 5.32 Å². The Hall–Kier alpha value is -2.42. The van der Waals surface area contributed by atoms with Crippen molar-refractivity contribution in [2.24, 2.45) is 0 Å². The maximum Gasteiger partial charge on any atom is 0.131 e. The molecular weight excluding hydrogens is 239 g/mol. The number of fused-ring (bicyclic) bond motifs is 1. The lowest BCUT2D eigenvalue weighted by molar-refractivity contribution is 0.629. The van der Waals surface area contributed by atoms with Crippen molar-refractivity contribution in [1.82, 2.24) is 4.98 Å². The molecular formula is C16H13FN2. The number of nitrogens with one attached hydrogen (secondary N) is 1. The lowest BCUT2D eigenvalue weighted by Crippen LogP contribution is -1.93. The molecule has 2 nitrogen and oxygen atoms in total. The number of pyridine rings is 1. The third-order valence-corrected chi connectivity index (χ3v) is 2.98. The van der Waals surface area contributed by atoms with Gasteiger partial charge in [-0.15, -0.1) is 0 Å². The summed E-state index contributed by atoms with van der Waals surface area (Å²) in [5, 5.41) is 4.03. The zero-order valence-corrected chi connectivity index (χ0v) is 10.5. The van der Waals surface area contributed by atoms with E-state index in [1.54, 1.807) is 6.07 Å². The maximum absolute atomic E-state index is 13.1. The smallest absolute Gasteiger partial charge is 0.131 e. The Bertz CT molecular complexity index is 720. The number of aryl methyl sites for hydroxylation is 1. The first-order valence-corrected chi connectivity index (χ1v) is 6.11. The van der Waals surface area contributed by atoms with Crippen molar-refractivity contribution in [2.75, 3.05) is 5.32 Å². The molecule has 3 rings (SSSR count). The van der Waals surface area contributed by atoms with Crippen molar-refractivity contribution in [3.63, 3.8) is 0 Å². The van der Waals surface area contributed by atoms with Gasteiger partial charge in [0.15, 0.2) is 0 Å². The maximum atomic E-state index is 13.1. The van der Waals surface area contributed by atoms with Crippen molar-refractivity contribution >= 4 is 22.4 Å². The summed E-state index contributed by atoms with van der Waals surface area (Å²) in [5.74, 6) is 0.511. The van der Waals surface area contributed by atoms with Crippen LogP contribution in [0.3, 0.4) is 0 Å². The van der Waals surface area contributed by atoms with Crippen molar-refractivity contribution in [2.45, 2.75) is 6.92 Å². The topological polar surface area (TPSA) is 24.9 Å². The van der Waals surface area contributed by atoms with Gasteiger partial charge in [0.1, 0.15) is 11.6 Å². The van der Waals surface area contributed by atoms with Crippen molar-refractivity contribution in [3.8, 4) is 0 Å². The fourth-order valence-electron chi connectivity index (χ4n) is 1.95. The van der Waals surface area contributed by atoms with Gasteiger partial charge in [0.2, 0.25) is 0 Å². The van der Waals surface area contributed by atoms with E-state index in [0.29, 0.717) is 0 Å². The highest BCUT2D eigenvalue weighted by Crippen LogP contribution is 2.19. The number of benzene rings is 2.